The largest absolute Gasteiger partial charge is 0.417 e. The number of ether oxygens (including phenoxy) is 1. The van der Waals surface area contributed by atoms with Crippen molar-refractivity contribution in [2.75, 3.05) is 7.11 Å². The highest BCUT2D eigenvalue weighted by molar-refractivity contribution is 5.08. The van der Waals surface area contributed by atoms with Crippen LogP contribution in [0.1, 0.15) is 38.5 Å². The number of hydrogen-bond donors (Lipinski definition) is 1. The van der Waals surface area contributed by atoms with Gasteiger partial charge in [0.2, 0.25) is 0 Å². The van der Waals surface area contributed by atoms with Gasteiger partial charge in [-0.1, -0.05) is 0 Å². The van der Waals surface area contributed by atoms with Crippen molar-refractivity contribution < 1.29 is 17.9 Å². The van der Waals surface area contributed by atoms with E-state index in [4.69, 9.17) is 10.5 Å². The highest BCUT2D eigenvalue weighted by atomic mass is 19.4. The first-order valence-corrected chi connectivity index (χ1v) is 5.74. The summed E-state index contributed by atoms with van der Waals surface area (Å²) in [6.45, 7) is 0. The molecule has 0 aliphatic heterocycles. The predicted octanol–water partition coefficient (Wildman–Crippen LogP) is 2.62. The van der Waals surface area contributed by atoms with Gasteiger partial charge in [-0.2, -0.15) is 13.2 Å². The zero-order valence-corrected chi connectivity index (χ0v) is 9.44. The van der Waals surface area contributed by atoms with Crippen LogP contribution >= 0.6 is 0 Å². The second-order valence-electron chi connectivity index (χ2n) is 5.22. The van der Waals surface area contributed by atoms with Crippen LogP contribution in [0, 0.1) is 5.92 Å². The fourth-order valence-corrected chi connectivity index (χ4v) is 2.84. The zero-order chi connectivity index (χ0) is 12.0. The van der Waals surface area contributed by atoms with Gasteiger partial charge < -0.3 is 10.5 Å². The molecule has 0 heterocycles. The van der Waals surface area contributed by atoms with Gasteiger partial charge in [-0.25, -0.2) is 0 Å². The number of halogens is 3. The van der Waals surface area contributed by atoms with E-state index >= 15 is 0 Å². The molecule has 0 radical (unpaired) electrons. The van der Waals surface area contributed by atoms with Crippen LogP contribution in [-0.2, 0) is 4.74 Å². The number of nitrogens with two attached hydrogens (primary N) is 1. The first-order chi connectivity index (χ1) is 7.33. The van der Waals surface area contributed by atoms with Gasteiger partial charge in [-0.3, -0.25) is 0 Å². The lowest BCUT2D eigenvalue weighted by atomic mass is 9.73. The summed E-state index contributed by atoms with van der Waals surface area (Å²) in [5, 5.41) is 0. The van der Waals surface area contributed by atoms with E-state index < -0.39 is 11.8 Å². The van der Waals surface area contributed by atoms with Crippen LogP contribution in [0.15, 0.2) is 0 Å². The Balaban J connectivity index is 2.15. The molecule has 16 heavy (non-hydrogen) atoms. The van der Waals surface area contributed by atoms with Crippen LogP contribution in [0.2, 0.25) is 0 Å². The minimum Gasteiger partial charge on any atom is -0.369 e. The molecule has 0 aromatic rings. The zero-order valence-electron chi connectivity index (χ0n) is 9.44. The molecule has 0 aromatic heterocycles. The maximum atomic E-state index is 13.0. The summed E-state index contributed by atoms with van der Waals surface area (Å²) in [6.07, 6.45) is -1.12. The molecule has 0 spiro atoms. The summed E-state index contributed by atoms with van der Waals surface area (Å²) in [7, 11) is 1.16. The second kappa shape index (κ2) is 3.60. The lowest BCUT2D eigenvalue weighted by Gasteiger charge is -2.42. The minimum atomic E-state index is -4.29. The van der Waals surface area contributed by atoms with E-state index in [1.165, 1.54) is 0 Å². The quantitative estimate of drug-likeness (QED) is 0.801. The first kappa shape index (κ1) is 12.2. The number of rotatable bonds is 2. The van der Waals surface area contributed by atoms with Gasteiger partial charge in [-0.15, -0.1) is 0 Å². The summed E-state index contributed by atoms with van der Waals surface area (Å²) in [4.78, 5) is 0. The molecule has 2 aliphatic carbocycles. The molecule has 0 saturated heterocycles. The third-order valence-electron chi connectivity index (χ3n) is 4.26. The van der Waals surface area contributed by atoms with Crippen molar-refractivity contribution >= 4 is 0 Å². The summed E-state index contributed by atoms with van der Waals surface area (Å²) < 4.78 is 43.9. The molecule has 2 aliphatic rings. The van der Waals surface area contributed by atoms with Crippen LogP contribution in [0.4, 0.5) is 13.2 Å². The van der Waals surface area contributed by atoms with Crippen molar-refractivity contribution in [3.63, 3.8) is 0 Å². The SMILES string of the molecule is COC1(C(F)(F)F)CCCC(C2(N)CC2)C1. The molecule has 2 rings (SSSR count). The Bertz CT molecular complexity index is 275. The molecule has 2 N–H and O–H groups in total. The molecule has 2 saturated carbocycles. The standard InChI is InChI=1S/C11H18F3NO/c1-16-10(11(12,13)14)4-2-3-8(7-10)9(15)5-6-9/h8H,2-7,15H2,1H3. The lowest BCUT2D eigenvalue weighted by Crippen LogP contribution is -2.53. The normalized spacial score (nSPS) is 38.4. The first-order valence-electron chi connectivity index (χ1n) is 5.74. The maximum absolute atomic E-state index is 13.0. The number of alkyl halides is 3. The molecule has 94 valence electrons. The van der Waals surface area contributed by atoms with E-state index in [1.54, 1.807) is 0 Å². The van der Waals surface area contributed by atoms with Crippen LogP contribution in [0.25, 0.3) is 0 Å². The predicted molar refractivity (Wildman–Crippen MR) is 53.9 cm³/mol. The van der Waals surface area contributed by atoms with Gasteiger partial charge >= 0.3 is 6.18 Å². The molecule has 2 fully saturated rings. The topological polar surface area (TPSA) is 35.2 Å². The number of methoxy groups -OCH3 is 1. The van der Waals surface area contributed by atoms with E-state index in [2.05, 4.69) is 0 Å². The van der Waals surface area contributed by atoms with E-state index in [9.17, 15) is 13.2 Å². The minimum absolute atomic E-state index is 0.0312. The van der Waals surface area contributed by atoms with Gasteiger partial charge in [-0.05, 0) is 44.4 Å². The summed E-state index contributed by atoms with van der Waals surface area (Å²) >= 11 is 0. The van der Waals surface area contributed by atoms with Crippen LogP contribution in [-0.4, -0.2) is 24.4 Å². The average Bonchev–Trinajstić information content (AvgIpc) is 2.96. The van der Waals surface area contributed by atoms with Crippen molar-refractivity contribution in [1.82, 2.24) is 0 Å². The van der Waals surface area contributed by atoms with E-state index in [-0.39, 0.29) is 24.3 Å². The fraction of sp³-hybridized carbons (Fsp3) is 1.00. The van der Waals surface area contributed by atoms with Gasteiger partial charge in [0.05, 0.1) is 0 Å². The molecular formula is C11H18F3NO. The van der Waals surface area contributed by atoms with Crippen molar-refractivity contribution in [3.8, 4) is 0 Å². The Labute approximate surface area is 93.3 Å². The van der Waals surface area contributed by atoms with E-state index in [0.717, 1.165) is 26.4 Å². The van der Waals surface area contributed by atoms with Gasteiger partial charge in [0.15, 0.2) is 5.60 Å². The molecule has 0 aromatic carbocycles. The summed E-state index contributed by atoms with van der Waals surface area (Å²) in [5.74, 6) is -0.0391. The average molecular weight is 237 g/mol. The molecule has 5 heteroatoms. The summed E-state index contributed by atoms with van der Waals surface area (Å²) in [6, 6.07) is 0. The third kappa shape index (κ3) is 1.84. The smallest absolute Gasteiger partial charge is 0.369 e. The molecule has 2 unspecified atom stereocenters. The third-order valence-corrected chi connectivity index (χ3v) is 4.26. The Morgan fingerprint density at radius 2 is 1.88 bits per heavy atom. The van der Waals surface area contributed by atoms with Crippen LogP contribution in [0.3, 0.4) is 0 Å². The van der Waals surface area contributed by atoms with E-state index in [0.29, 0.717) is 6.42 Å². The number of hydrogen-bond acceptors (Lipinski definition) is 2. The highest BCUT2D eigenvalue weighted by Gasteiger charge is 2.60. The van der Waals surface area contributed by atoms with Gasteiger partial charge in [0, 0.05) is 12.6 Å². The Morgan fingerprint density at radius 1 is 1.25 bits per heavy atom. The molecular weight excluding hydrogens is 219 g/mol. The van der Waals surface area contributed by atoms with E-state index in [1.807, 2.05) is 0 Å². The molecule has 0 amide bonds. The van der Waals surface area contributed by atoms with Crippen molar-refractivity contribution in [1.29, 1.82) is 0 Å². The molecule has 2 atom stereocenters. The van der Waals surface area contributed by atoms with Crippen molar-refractivity contribution in [3.05, 3.63) is 0 Å². The highest BCUT2D eigenvalue weighted by Crippen LogP contribution is 2.53. The van der Waals surface area contributed by atoms with Crippen LogP contribution < -0.4 is 5.73 Å². The Hall–Kier alpha value is -0.290. The maximum Gasteiger partial charge on any atom is 0.417 e. The molecule has 0 bridgehead atoms. The van der Waals surface area contributed by atoms with Gasteiger partial charge in [0.25, 0.3) is 0 Å². The van der Waals surface area contributed by atoms with Crippen LogP contribution in [0.5, 0.6) is 0 Å². The Kier molecular flexibility index (Phi) is 2.74. The van der Waals surface area contributed by atoms with Gasteiger partial charge in [0.1, 0.15) is 0 Å². The van der Waals surface area contributed by atoms with Crippen molar-refractivity contribution in [2.45, 2.75) is 55.8 Å². The molecule has 2 nitrogen and oxygen atoms in total. The second-order valence-corrected chi connectivity index (χ2v) is 5.22. The monoisotopic (exact) mass is 237 g/mol. The fourth-order valence-electron chi connectivity index (χ4n) is 2.84. The lowest BCUT2D eigenvalue weighted by molar-refractivity contribution is -0.284. The Morgan fingerprint density at radius 3 is 2.31 bits per heavy atom. The van der Waals surface area contributed by atoms with Crippen molar-refractivity contribution in [2.24, 2.45) is 11.7 Å². The summed E-state index contributed by atoms with van der Waals surface area (Å²) in [5.41, 5.74) is 3.73.